The van der Waals surface area contributed by atoms with E-state index in [1.54, 1.807) is 18.2 Å². The van der Waals surface area contributed by atoms with Gasteiger partial charge >= 0.3 is 12.0 Å². The summed E-state index contributed by atoms with van der Waals surface area (Å²) in [5.74, 6) is -0.268. The number of hydrogen-bond donors (Lipinski definition) is 2. The third kappa shape index (κ3) is 6.01. The number of carbonyl (C=O) groups excluding carboxylic acids is 2. The van der Waals surface area contributed by atoms with Crippen LogP contribution in [0.2, 0.25) is 0 Å². The largest absolute Gasteiger partial charge is 0.469 e. The molecule has 0 saturated carbocycles. The number of anilines is 1. The molecule has 0 aliphatic rings. The molecule has 0 unspecified atom stereocenters. The summed E-state index contributed by atoms with van der Waals surface area (Å²) in [6, 6.07) is 11.5. The van der Waals surface area contributed by atoms with Gasteiger partial charge in [0.1, 0.15) is 11.6 Å². The first kappa shape index (κ1) is 20.3. The fourth-order valence-corrected chi connectivity index (χ4v) is 3.23. The van der Waals surface area contributed by atoms with Gasteiger partial charge in [0.2, 0.25) is 5.88 Å². The Balaban J connectivity index is 1.60. The maximum Gasteiger partial charge on any atom is 0.319 e. The van der Waals surface area contributed by atoms with Crippen LogP contribution < -0.4 is 15.4 Å². The van der Waals surface area contributed by atoms with Gasteiger partial charge in [-0.15, -0.1) is 11.3 Å². The Hall–Kier alpha value is -3.46. The van der Waals surface area contributed by atoms with Crippen LogP contribution in [0.25, 0.3) is 0 Å². The predicted octanol–water partition coefficient (Wildman–Crippen LogP) is 4.50. The van der Waals surface area contributed by atoms with Crippen molar-refractivity contribution in [3.05, 3.63) is 70.8 Å². The van der Waals surface area contributed by atoms with E-state index in [9.17, 15) is 14.0 Å². The van der Waals surface area contributed by atoms with Gasteiger partial charge in [-0.25, -0.2) is 14.2 Å². The van der Waals surface area contributed by atoms with Crippen molar-refractivity contribution in [3.63, 3.8) is 0 Å². The first-order valence-corrected chi connectivity index (χ1v) is 9.48. The number of rotatable bonds is 7. The Morgan fingerprint density at radius 2 is 2.07 bits per heavy atom. The van der Waals surface area contributed by atoms with Crippen LogP contribution >= 0.6 is 11.3 Å². The molecule has 2 amide bonds. The zero-order valence-electron chi connectivity index (χ0n) is 15.4. The number of amides is 2. The highest BCUT2D eigenvalue weighted by atomic mass is 32.1. The molecule has 0 saturated heterocycles. The van der Waals surface area contributed by atoms with Crippen molar-refractivity contribution in [2.45, 2.75) is 12.5 Å². The lowest BCUT2D eigenvalue weighted by Gasteiger charge is -2.17. The van der Waals surface area contributed by atoms with Crippen molar-refractivity contribution < 1.29 is 23.5 Å². The minimum Gasteiger partial charge on any atom is -0.469 e. The number of carbonyl (C=O) groups is 2. The number of nitrogens with zero attached hydrogens (tertiary/aromatic N) is 1. The van der Waals surface area contributed by atoms with E-state index in [0.717, 1.165) is 4.88 Å². The van der Waals surface area contributed by atoms with Crippen molar-refractivity contribution in [1.82, 2.24) is 10.3 Å². The molecule has 0 fully saturated rings. The predicted molar refractivity (Wildman–Crippen MR) is 107 cm³/mol. The van der Waals surface area contributed by atoms with Crippen LogP contribution in [0.4, 0.5) is 14.9 Å². The minimum atomic E-state index is -0.508. The van der Waals surface area contributed by atoms with Crippen molar-refractivity contribution in [3.8, 4) is 11.6 Å². The zero-order chi connectivity index (χ0) is 20.6. The molecule has 2 heterocycles. The fourth-order valence-electron chi connectivity index (χ4n) is 2.45. The molecule has 1 atom stereocenters. The Kier molecular flexibility index (Phi) is 6.75. The lowest BCUT2D eigenvalue weighted by molar-refractivity contribution is -0.141. The average molecular weight is 415 g/mol. The quantitative estimate of drug-likeness (QED) is 0.555. The Morgan fingerprint density at radius 1 is 1.21 bits per heavy atom. The number of esters is 1. The van der Waals surface area contributed by atoms with Gasteiger partial charge in [0.25, 0.3) is 0 Å². The lowest BCUT2D eigenvalue weighted by Crippen LogP contribution is -2.33. The third-order valence-corrected chi connectivity index (χ3v) is 4.79. The summed E-state index contributed by atoms with van der Waals surface area (Å²) in [7, 11) is 1.30. The Labute approximate surface area is 170 Å². The fraction of sp³-hybridized carbons (Fsp3) is 0.150. The van der Waals surface area contributed by atoms with Crippen LogP contribution in [0.1, 0.15) is 17.3 Å². The second-order valence-corrected chi connectivity index (χ2v) is 6.87. The van der Waals surface area contributed by atoms with Gasteiger partial charge in [-0.1, -0.05) is 12.1 Å². The standard InChI is InChI=1S/C20H18FN3O4S/c1-27-19(25)11-16(17-6-3-9-29-17)24-20(26)23-14-7-8-18(22-12-14)28-15-5-2-4-13(21)10-15/h2-10,12,16H,11H2,1H3,(H2,23,24,26)/t16-/m1/s1. The topological polar surface area (TPSA) is 89.5 Å². The molecule has 0 bridgehead atoms. The van der Waals surface area contributed by atoms with Crippen LogP contribution in [-0.2, 0) is 9.53 Å². The van der Waals surface area contributed by atoms with E-state index in [2.05, 4.69) is 15.6 Å². The molecule has 3 rings (SSSR count). The van der Waals surface area contributed by atoms with Crippen molar-refractivity contribution >= 4 is 29.0 Å². The summed E-state index contributed by atoms with van der Waals surface area (Å²) in [6.45, 7) is 0. The van der Waals surface area contributed by atoms with Crippen LogP contribution in [0, 0.1) is 5.82 Å². The van der Waals surface area contributed by atoms with Gasteiger partial charge in [-0.3, -0.25) is 4.79 Å². The smallest absolute Gasteiger partial charge is 0.319 e. The Morgan fingerprint density at radius 3 is 2.72 bits per heavy atom. The second-order valence-electron chi connectivity index (χ2n) is 5.89. The third-order valence-electron chi connectivity index (χ3n) is 3.80. The van der Waals surface area contributed by atoms with Gasteiger partial charge in [-0.05, 0) is 29.6 Å². The van der Waals surface area contributed by atoms with Gasteiger partial charge in [0, 0.05) is 17.0 Å². The Bertz CT molecular complexity index is 964. The number of benzene rings is 1. The van der Waals surface area contributed by atoms with Gasteiger partial charge in [-0.2, -0.15) is 0 Å². The van der Waals surface area contributed by atoms with Gasteiger partial charge in [0.05, 0.1) is 31.5 Å². The average Bonchev–Trinajstić information content (AvgIpc) is 3.24. The molecule has 0 spiro atoms. The maximum atomic E-state index is 13.2. The van der Waals surface area contributed by atoms with Crippen LogP contribution in [-0.4, -0.2) is 24.1 Å². The monoisotopic (exact) mass is 415 g/mol. The number of ether oxygens (including phenoxy) is 2. The highest BCUT2D eigenvalue weighted by Crippen LogP contribution is 2.23. The first-order valence-electron chi connectivity index (χ1n) is 8.60. The van der Waals surface area contributed by atoms with Crippen molar-refractivity contribution in [2.24, 2.45) is 0 Å². The van der Waals surface area contributed by atoms with Gasteiger partial charge < -0.3 is 20.1 Å². The molecule has 9 heteroatoms. The van der Waals surface area contributed by atoms with E-state index in [0.29, 0.717) is 11.4 Å². The van der Waals surface area contributed by atoms with Crippen molar-refractivity contribution in [2.75, 3.05) is 12.4 Å². The lowest BCUT2D eigenvalue weighted by atomic mass is 10.2. The van der Waals surface area contributed by atoms with E-state index in [-0.39, 0.29) is 12.3 Å². The van der Waals surface area contributed by atoms with E-state index >= 15 is 0 Å². The number of aromatic nitrogens is 1. The minimum absolute atomic E-state index is 0.0170. The summed E-state index contributed by atoms with van der Waals surface area (Å²) in [6.07, 6.45) is 1.43. The molecular weight excluding hydrogens is 397 g/mol. The highest BCUT2D eigenvalue weighted by molar-refractivity contribution is 7.10. The molecule has 0 aliphatic heterocycles. The number of urea groups is 1. The molecule has 2 N–H and O–H groups in total. The number of hydrogen-bond acceptors (Lipinski definition) is 6. The SMILES string of the molecule is COC(=O)C[C@@H](NC(=O)Nc1ccc(Oc2cccc(F)c2)nc1)c1cccs1. The number of methoxy groups -OCH3 is 1. The van der Waals surface area contributed by atoms with E-state index < -0.39 is 23.9 Å². The molecule has 29 heavy (non-hydrogen) atoms. The van der Waals surface area contributed by atoms with E-state index in [1.807, 2.05) is 17.5 Å². The molecule has 7 nitrogen and oxygen atoms in total. The summed E-state index contributed by atoms with van der Waals surface area (Å²) < 4.78 is 23.4. The van der Waals surface area contributed by atoms with Crippen LogP contribution in [0.15, 0.2) is 60.1 Å². The highest BCUT2D eigenvalue weighted by Gasteiger charge is 2.20. The molecule has 2 aromatic heterocycles. The summed E-state index contributed by atoms with van der Waals surface area (Å²) in [4.78, 5) is 28.9. The summed E-state index contributed by atoms with van der Waals surface area (Å²) in [5.41, 5.74) is 0.428. The molecule has 1 aromatic carbocycles. The van der Waals surface area contributed by atoms with E-state index in [4.69, 9.17) is 9.47 Å². The number of nitrogens with one attached hydrogen (secondary N) is 2. The van der Waals surface area contributed by atoms with Gasteiger partial charge in [0.15, 0.2) is 0 Å². The van der Waals surface area contributed by atoms with Crippen LogP contribution in [0.5, 0.6) is 11.6 Å². The summed E-state index contributed by atoms with van der Waals surface area (Å²) >= 11 is 1.43. The normalized spacial score (nSPS) is 11.4. The maximum absolute atomic E-state index is 13.2. The molecule has 3 aromatic rings. The van der Waals surface area contributed by atoms with Crippen LogP contribution in [0.3, 0.4) is 0 Å². The summed E-state index contributed by atoms with van der Waals surface area (Å²) in [5, 5.41) is 7.26. The second kappa shape index (κ2) is 9.65. The molecule has 150 valence electrons. The zero-order valence-corrected chi connectivity index (χ0v) is 16.2. The molecule has 0 aliphatic carbocycles. The number of halogens is 1. The van der Waals surface area contributed by atoms with E-state index in [1.165, 1.54) is 42.8 Å². The molecular formula is C20H18FN3O4S. The van der Waals surface area contributed by atoms with Crippen molar-refractivity contribution in [1.29, 1.82) is 0 Å². The first-order chi connectivity index (χ1) is 14.0. The number of thiophene rings is 1. The number of pyridine rings is 1. The molecule has 0 radical (unpaired) electrons.